The molecule has 1 N–H and O–H groups in total. The van der Waals surface area contributed by atoms with Crippen LogP contribution >= 0.6 is 0 Å². The van der Waals surface area contributed by atoms with E-state index in [1.165, 1.54) is 0 Å². The van der Waals surface area contributed by atoms with Crippen molar-refractivity contribution in [2.45, 2.75) is 20.4 Å². The summed E-state index contributed by atoms with van der Waals surface area (Å²) >= 11 is 0. The fourth-order valence-electron chi connectivity index (χ4n) is 1.73. The quantitative estimate of drug-likeness (QED) is 0.852. The summed E-state index contributed by atoms with van der Waals surface area (Å²) in [6, 6.07) is 5.64. The number of hydrogen-bond acceptors (Lipinski definition) is 2. The molecular formula is C12H15N3O. The molecule has 1 aromatic carbocycles. The topological polar surface area (TPSA) is 46.9 Å². The third-order valence-corrected chi connectivity index (χ3v) is 2.54. The number of rotatable bonds is 3. The molecule has 0 saturated heterocycles. The summed E-state index contributed by atoms with van der Waals surface area (Å²) < 4.78 is 1.89. The second-order valence-electron chi connectivity index (χ2n) is 3.59. The predicted octanol–water partition coefficient (Wildman–Crippen LogP) is 1.81. The second kappa shape index (κ2) is 4.35. The van der Waals surface area contributed by atoms with Crippen molar-refractivity contribution in [2.75, 3.05) is 6.54 Å². The molecule has 0 bridgehead atoms. The molecule has 0 aliphatic heterocycles. The molecule has 0 fully saturated rings. The minimum absolute atomic E-state index is 0.0340. The van der Waals surface area contributed by atoms with E-state index in [9.17, 15) is 4.79 Å². The van der Waals surface area contributed by atoms with Gasteiger partial charge < -0.3 is 5.32 Å². The zero-order chi connectivity index (χ0) is 11.5. The van der Waals surface area contributed by atoms with Gasteiger partial charge in [0.15, 0.2) is 0 Å². The van der Waals surface area contributed by atoms with Gasteiger partial charge in [-0.3, -0.25) is 9.48 Å². The summed E-state index contributed by atoms with van der Waals surface area (Å²) in [5.41, 5.74) is 1.69. The summed E-state index contributed by atoms with van der Waals surface area (Å²) in [5.74, 6) is -0.0340. The van der Waals surface area contributed by atoms with Crippen molar-refractivity contribution in [3.05, 3.63) is 30.0 Å². The van der Waals surface area contributed by atoms with E-state index in [4.69, 9.17) is 0 Å². The van der Waals surface area contributed by atoms with Crippen molar-refractivity contribution >= 4 is 16.8 Å². The van der Waals surface area contributed by atoms with Crippen LogP contribution in [0.4, 0.5) is 0 Å². The first-order valence-corrected chi connectivity index (χ1v) is 5.50. The van der Waals surface area contributed by atoms with Crippen molar-refractivity contribution in [3.8, 4) is 0 Å². The maximum absolute atomic E-state index is 11.7. The molecule has 0 radical (unpaired) electrons. The molecule has 0 aliphatic carbocycles. The van der Waals surface area contributed by atoms with Gasteiger partial charge in [0.1, 0.15) is 0 Å². The van der Waals surface area contributed by atoms with Crippen LogP contribution in [0, 0.1) is 0 Å². The number of carbonyl (C=O) groups is 1. The zero-order valence-corrected chi connectivity index (χ0v) is 9.53. The number of benzene rings is 1. The van der Waals surface area contributed by atoms with Crippen LogP contribution < -0.4 is 5.32 Å². The summed E-state index contributed by atoms with van der Waals surface area (Å²) in [6.45, 7) is 5.39. The van der Waals surface area contributed by atoms with Crippen LogP contribution in [0.2, 0.25) is 0 Å². The van der Waals surface area contributed by atoms with Gasteiger partial charge in [-0.25, -0.2) is 0 Å². The number of amides is 1. The molecule has 2 aromatic rings. The van der Waals surface area contributed by atoms with Crippen molar-refractivity contribution in [1.82, 2.24) is 15.1 Å². The molecule has 0 saturated carbocycles. The summed E-state index contributed by atoms with van der Waals surface area (Å²) in [5, 5.41) is 8.10. The lowest BCUT2D eigenvalue weighted by molar-refractivity contribution is 0.0956. The smallest absolute Gasteiger partial charge is 0.251 e. The molecule has 0 atom stereocenters. The maximum Gasteiger partial charge on any atom is 0.251 e. The second-order valence-corrected chi connectivity index (χ2v) is 3.59. The van der Waals surface area contributed by atoms with Crippen molar-refractivity contribution in [3.63, 3.8) is 0 Å². The largest absolute Gasteiger partial charge is 0.352 e. The fraction of sp³-hybridized carbons (Fsp3) is 0.333. The van der Waals surface area contributed by atoms with E-state index in [-0.39, 0.29) is 5.91 Å². The molecule has 1 amide bonds. The van der Waals surface area contributed by atoms with E-state index in [1.807, 2.05) is 42.9 Å². The Hall–Kier alpha value is -1.84. The fourth-order valence-corrected chi connectivity index (χ4v) is 1.73. The molecule has 4 nitrogen and oxygen atoms in total. The number of fused-ring (bicyclic) bond motifs is 1. The van der Waals surface area contributed by atoms with Gasteiger partial charge in [0.25, 0.3) is 5.91 Å². The Kier molecular flexibility index (Phi) is 2.90. The third kappa shape index (κ3) is 1.78. The zero-order valence-electron chi connectivity index (χ0n) is 9.53. The minimum atomic E-state index is -0.0340. The van der Waals surface area contributed by atoms with E-state index in [1.54, 1.807) is 0 Å². The molecule has 1 aromatic heterocycles. The average Bonchev–Trinajstić information content (AvgIpc) is 2.71. The Balaban J connectivity index is 2.45. The van der Waals surface area contributed by atoms with Gasteiger partial charge in [-0.15, -0.1) is 0 Å². The maximum atomic E-state index is 11.7. The third-order valence-electron chi connectivity index (χ3n) is 2.54. The average molecular weight is 217 g/mol. The van der Waals surface area contributed by atoms with Crippen LogP contribution in [0.3, 0.4) is 0 Å². The summed E-state index contributed by atoms with van der Waals surface area (Å²) in [7, 11) is 0. The number of nitrogens with one attached hydrogen (secondary N) is 1. The molecule has 16 heavy (non-hydrogen) atoms. The minimum Gasteiger partial charge on any atom is -0.352 e. The highest BCUT2D eigenvalue weighted by atomic mass is 16.1. The normalized spacial score (nSPS) is 10.6. The molecule has 0 aliphatic rings. The van der Waals surface area contributed by atoms with Crippen LogP contribution in [0.15, 0.2) is 24.4 Å². The number of aromatic nitrogens is 2. The Bertz CT molecular complexity index is 516. The van der Waals surface area contributed by atoms with Gasteiger partial charge in [-0.05, 0) is 26.0 Å². The van der Waals surface area contributed by atoms with E-state index in [0.717, 1.165) is 17.4 Å². The van der Waals surface area contributed by atoms with Gasteiger partial charge in [0.2, 0.25) is 0 Å². The van der Waals surface area contributed by atoms with Gasteiger partial charge in [-0.2, -0.15) is 5.10 Å². The van der Waals surface area contributed by atoms with Gasteiger partial charge >= 0.3 is 0 Å². The Morgan fingerprint density at radius 2 is 2.25 bits per heavy atom. The monoisotopic (exact) mass is 217 g/mol. The lowest BCUT2D eigenvalue weighted by Crippen LogP contribution is -2.22. The lowest BCUT2D eigenvalue weighted by Gasteiger charge is -2.03. The molecule has 4 heteroatoms. The number of hydrogen-bond donors (Lipinski definition) is 1. The van der Waals surface area contributed by atoms with Gasteiger partial charge in [0, 0.05) is 24.0 Å². The van der Waals surface area contributed by atoms with E-state index >= 15 is 0 Å². The van der Waals surface area contributed by atoms with E-state index in [0.29, 0.717) is 12.1 Å². The first-order valence-electron chi connectivity index (χ1n) is 5.50. The van der Waals surface area contributed by atoms with Crippen LogP contribution in [0.1, 0.15) is 24.2 Å². The molecule has 0 spiro atoms. The van der Waals surface area contributed by atoms with Crippen LogP contribution in [-0.2, 0) is 6.54 Å². The first kappa shape index (κ1) is 10.7. The van der Waals surface area contributed by atoms with E-state index < -0.39 is 0 Å². The van der Waals surface area contributed by atoms with Crippen molar-refractivity contribution in [2.24, 2.45) is 0 Å². The molecule has 1 heterocycles. The van der Waals surface area contributed by atoms with Crippen LogP contribution in [0.25, 0.3) is 10.9 Å². The summed E-state index contributed by atoms with van der Waals surface area (Å²) in [4.78, 5) is 11.7. The number of aryl methyl sites for hydroxylation is 1. The number of carbonyl (C=O) groups excluding carboxylic acids is 1. The van der Waals surface area contributed by atoms with Gasteiger partial charge in [-0.1, -0.05) is 6.07 Å². The van der Waals surface area contributed by atoms with Crippen molar-refractivity contribution in [1.29, 1.82) is 0 Å². The van der Waals surface area contributed by atoms with Crippen molar-refractivity contribution < 1.29 is 4.79 Å². The number of nitrogens with zero attached hydrogens (tertiary/aromatic N) is 2. The molecule has 0 unspecified atom stereocenters. The Labute approximate surface area is 94.3 Å². The first-order chi connectivity index (χ1) is 7.76. The standard InChI is InChI=1S/C12H15N3O/c1-3-13-12(16)9-5-6-10-8-14-15(4-2)11(10)7-9/h5-8H,3-4H2,1-2H3,(H,13,16). The van der Waals surface area contributed by atoms with Crippen LogP contribution in [-0.4, -0.2) is 22.2 Å². The SMILES string of the molecule is CCNC(=O)c1ccc2cnn(CC)c2c1. The molecule has 2 rings (SSSR count). The Morgan fingerprint density at radius 1 is 1.44 bits per heavy atom. The summed E-state index contributed by atoms with van der Waals surface area (Å²) in [6.07, 6.45) is 1.82. The van der Waals surface area contributed by atoms with E-state index in [2.05, 4.69) is 10.4 Å². The highest BCUT2D eigenvalue weighted by Crippen LogP contribution is 2.15. The highest BCUT2D eigenvalue weighted by Gasteiger charge is 2.07. The molecular weight excluding hydrogens is 202 g/mol. The Morgan fingerprint density at radius 3 is 2.94 bits per heavy atom. The highest BCUT2D eigenvalue weighted by molar-refractivity contribution is 5.97. The lowest BCUT2D eigenvalue weighted by atomic mass is 10.1. The van der Waals surface area contributed by atoms with Crippen LogP contribution in [0.5, 0.6) is 0 Å². The predicted molar refractivity (Wildman–Crippen MR) is 63.4 cm³/mol. The van der Waals surface area contributed by atoms with Gasteiger partial charge in [0.05, 0.1) is 11.7 Å². The molecule has 84 valence electrons.